The van der Waals surface area contributed by atoms with Gasteiger partial charge in [0, 0.05) is 24.2 Å². The Kier molecular flexibility index (Phi) is 4.48. The second-order valence-electron chi connectivity index (χ2n) is 7.12. The van der Waals surface area contributed by atoms with E-state index in [1.165, 1.54) is 0 Å². The van der Waals surface area contributed by atoms with Gasteiger partial charge in [-0.2, -0.15) is 0 Å². The van der Waals surface area contributed by atoms with Crippen LogP contribution in [0.5, 0.6) is 11.5 Å². The molecule has 29 heavy (non-hydrogen) atoms. The predicted molar refractivity (Wildman–Crippen MR) is 108 cm³/mol. The molecule has 2 heterocycles. The molecule has 2 N–H and O–H groups in total. The number of hydrogen-bond donors (Lipinski definition) is 2. The molecule has 2 aliphatic rings. The van der Waals surface area contributed by atoms with Gasteiger partial charge in [-0.05, 0) is 30.5 Å². The molecule has 1 amide bonds. The third-order valence-electron chi connectivity index (χ3n) is 4.81. The summed E-state index contributed by atoms with van der Waals surface area (Å²) >= 11 is 0. The van der Waals surface area contributed by atoms with E-state index >= 15 is 0 Å². The normalized spacial score (nSPS) is 14.5. The number of aromatic nitrogens is 2. The van der Waals surface area contributed by atoms with Crippen LogP contribution in [0.2, 0.25) is 0 Å². The number of amides is 1. The predicted octanol–water partition coefficient (Wildman–Crippen LogP) is 3.38. The quantitative estimate of drug-likeness (QED) is 0.673. The average molecular weight is 388 g/mol. The Morgan fingerprint density at radius 3 is 2.66 bits per heavy atom. The Hall–Kier alpha value is -3.61. The van der Waals surface area contributed by atoms with Crippen LogP contribution in [0.4, 0.5) is 5.82 Å². The maximum Gasteiger partial charge on any atom is 0.270 e. The van der Waals surface area contributed by atoms with Crippen LogP contribution in [0.3, 0.4) is 0 Å². The summed E-state index contributed by atoms with van der Waals surface area (Å²) in [6.45, 7) is 0.781. The minimum atomic E-state index is -0.168. The van der Waals surface area contributed by atoms with Gasteiger partial charge in [0.2, 0.25) is 6.79 Å². The maximum atomic E-state index is 12.6. The van der Waals surface area contributed by atoms with Crippen molar-refractivity contribution in [2.75, 3.05) is 12.1 Å². The van der Waals surface area contributed by atoms with E-state index in [1.54, 1.807) is 6.07 Å². The van der Waals surface area contributed by atoms with Gasteiger partial charge < -0.3 is 20.1 Å². The first-order chi connectivity index (χ1) is 14.2. The number of anilines is 1. The Labute approximate surface area is 168 Å². The minimum absolute atomic E-state index is 0.168. The summed E-state index contributed by atoms with van der Waals surface area (Å²) < 4.78 is 10.8. The summed E-state index contributed by atoms with van der Waals surface area (Å²) in [6, 6.07) is 17.4. The van der Waals surface area contributed by atoms with E-state index in [2.05, 4.69) is 20.6 Å². The van der Waals surface area contributed by atoms with Gasteiger partial charge in [0.05, 0.1) is 0 Å². The smallest absolute Gasteiger partial charge is 0.270 e. The van der Waals surface area contributed by atoms with Crippen molar-refractivity contribution in [1.82, 2.24) is 15.3 Å². The zero-order valence-electron chi connectivity index (χ0n) is 15.7. The number of carbonyl (C=O) groups excluding carboxylic acids is 1. The molecule has 5 rings (SSSR count). The van der Waals surface area contributed by atoms with Crippen LogP contribution in [0.25, 0.3) is 11.4 Å². The molecule has 3 aromatic rings. The lowest BCUT2D eigenvalue weighted by Gasteiger charge is -2.11. The molecular weight excluding hydrogens is 368 g/mol. The highest BCUT2D eigenvalue weighted by atomic mass is 16.7. The van der Waals surface area contributed by atoms with Gasteiger partial charge in [-0.25, -0.2) is 9.97 Å². The zero-order valence-corrected chi connectivity index (χ0v) is 15.7. The van der Waals surface area contributed by atoms with Gasteiger partial charge in [-0.3, -0.25) is 4.79 Å². The highest BCUT2D eigenvalue weighted by molar-refractivity contribution is 5.93. The molecule has 0 unspecified atom stereocenters. The van der Waals surface area contributed by atoms with Crippen LogP contribution in [0.15, 0.2) is 54.6 Å². The molecule has 0 radical (unpaired) electrons. The van der Waals surface area contributed by atoms with Crippen molar-refractivity contribution < 1.29 is 14.3 Å². The lowest BCUT2D eigenvalue weighted by Crippen LogP contribution is -2.26. The Balaban J connectivity index is 1.40. The lowest BCUT2D eigenvalue weighted by molar-refractivity contribution is 0.0946. The number of rotatable bonds is 6. The van der Waals surface area contributed by atoms with Crippen molar-refractivity contribution in [1.29, 1.82) is 0 Å². The summed E-state index contributed by atoms with van der Waals surface area (Å²) in [5, 5.41) is 6.29. The number of ether oxygens (including phenoxy) is 2. The molecule has 7 heteroatoms. The highest BCUT2D eigenvalue weighted by Crippen LogP contribution is 2.32. The molecule has 0 saturated heterocycles. The zero-order chi connectivity index (χ0) is 19.6. The monoisotopic (exact) mass is 388 g/mol. The van der Waals surface area contributed by atoms with Crippen molar-refractivity contribution in [2.24, 2.45) is 0 Å². The molecule has 7 nitrogen and oxygen atoms in total. The van der Waals surface area contributed by atoms with Crippen LogP contribution >= 0.6 is 0 Å². The first-order valence-electron chi connectivity index (χ1n) is 9.62. The van der Waals surface area contributed by atoms with E-state index in [0.717, 1.165) is 35.5 Å². The van der Waals surface area contributed by atoms with Crippen LogP contribution in [0.1, 0.15) is 28.9 Å². The number of benzene rings is 2. The van der Waals surface area contributed by atoms with Crippen molar-refractivity contribution in [2.45, 2.75) is 25.4 Å². The molecule has 0 bridgehead atoms. The van der Waals surface area contributed by atoms with E-state index in [4.69, 9.17) is 9.47 Å². The first-order valence-corrected chi connectivity index (χ1v) is 9.62. The molecular formula is C22H20N4O3. The third kappa shape index (κ3) is 3.99. The standard InChI is InChI=1S/C22H20N4O3/c27-22(24-16-7-8-16)17-11-20(26-21(25-17)15-4-2-1-3-5-15)23-12-14-6-9-18-19(10-14)29-13-28-18/h1-6,9-11,16H,7-8,12-13H2,(H,24,27)(H,23,25,26). The van der Waals surface area contributed by atoms with Crippen molar-refractivity contribution in [3.8, 4) is 22.9 Å². The summed E-state index contributed by atoms with van der Waals surface area (Å²) in [6.07, 6.45) is 2.05. The molecule has 1 aliphatic carbocycles. The topological polar surface area (TPSA) is 85.4 Å². The third-order valence-corrected chi connectivity index (χ3v) is 4.81. The van der Waals surface area contributed by atoms with Crippen molar-refractivity contribution in [3.63, 3.8) is 0 Å². The Morgan fingerprint density at radius 1 is 1.00 bits per heavy atom. The van der Waals surface area contributed by atoms with E-state index in [9.17, 15) is 4.79 Å². The largest absolute Gasteiger partial charge is 0.454 e. The molecule has 1 saturated carbocycles. The number of carbonyl (C=O) groups is 1. The second kappa shape index (κ2) is 7.43. The Morgan fingerprint density at radius 2 is 1.83 bits per heavy atom. The number of nitrogens with zero attached hydrogens (tertiary/aromatic N) is 2. The Bertz CT molecular complexity index is 1050. The van der Waals surface area contributed by atoms with E-state index < -0.39 is 0 Å². The molecule has 1 aromatic heterocycles. The molecule has 2 aromatic carbocycles. The van der Waals surface area contributed by atoms with Gasteiger partial charge in [0.15, 0.2) is 17.3 Å². The molecule has 1 fully saturated rings. The van der Waals surface area contributed by atoms with Crippen molar-refractivity contribution in [3.05, 3.63) is 65.9 Å². The summed E-state index contributed by atoms with van der Waals surface area (Å²) in [5.41, 5.74) is 2.25. The maximum absolute atomic E-state index is 12.6. The van der Waals surface area contributed by atoms with Crippen LogP contribution in [-0.4, -0.2) is 28.7 Å². The number of fused-ring (bicyclic) bond motifs is 1. The van der Waals surface area contributed by atoms with E-state index in [0.29, 0.717) is 23.9 Å². The number of nitrogens with one attached hydrogen (secondary N) is 2. The van der Waals surface area contributed by atoms with Gasteiger partial charge in [-0.15, -0.1) is 0 Å². The van der Waals surface area contributed by atoms with Crippen LogP contribution < -0.4 is 20.1 Å². The second-order valence-corrected chi connectivity index (χ2v) is 7.12. The first kappa shape index (κ1) is 17.5. The molecule has 1 aliphatic heterocycles. The van der Waals surface area contributed by atoms with E-state index in [1.807, 2.05) is 48.5 Å². The fourth-order valence-corrected chi connectivity index (χ4v) is 3.10. The van der Waals surface area contributed by atoms with Crippen LogP contribution in [-0.2, 0) is 6.54 Å². The van der Waals surface area contributed by atoms with Crippen molar-refractivity contribution >= 4 is 11.7 Å². The van der Waals surface area contributed by atoms with E-state index in [-0.39, 0.29) is 18.7 Å². The SMILES string of the molecule is O=C(NC1CC1)c1cc(NCc2ccc3c(c2)OCO3)nc(-c2ccccc2)n1. The fraction of sp³-hybridized carbons (Fsp3) is 0.227. The molecule has 0 spiro atoms. The highest BCUT2D eigenvalue weighted by Gasteiger charge is 2.25. The summed E-state index contributed by atoms with van der Waals surface area (Å²) in [5.74, 6) is 2.43. The molecule has 146 valence electrons. The lowest BCUT2D eigenvalue weighted by atomic mass is 10.2. The van der Waals surface area contributed by atoms with Gasteiger partial charge >= 0.3 is 0 Å². The fourth-order valence-electron chi connectivity index (χ4n) is 3.10. The van der Waals surface area contributed by atoms with Crippen LogP contribution in [0, 0.1) is 0 Å². The minimum Gasteiger partial charge on any atom is -0.454 e. The average Bonchev–Trinajstić information content (AvgIpc) is 3.45. The summed E-state index contributed by atoms with van der Waals surface area (Å²) in [4.78, 5) is 21.7. The van der Waals surface area contributed by atoms with Gasteiger partial charge in [0.25, 0.3) is 5.91 Å². The van der Waals surface area contributed by atoms with Gasteiger partial charge in [-0.1, -0.05) is 36.4 Å². The number of hydrogen-bond acceptors (Lipinski definition) is 6. The summed E-state index contributed by atoms with van der Waals surface area (Å²) in [7, 11) is 0. The van der Waals surface area contributed by atoms with Gasteiger partial charge in [0.1, 0.15) is 11.5 Å². The molecule has 0 atom stereocenters.